The number of hydrogen-bond acceptors (Lipinski definition) is 3. The third-order valence-electron chi connectivity index (χ3n) is 2.62. The second-order valence-corrected chi connectivity index (χ2v) is 3.67. The molecule has 0 amide bonds. The molecule has 0 fully saturated rings. The van der Waals surface area contributed by atoms with Crippen LogP contribution < -0.4 is 15.2 Å². The van der Waals surface area contributed by atoms with Crippen LogP contribution in [0.3, 0.4) is 0 Å². The van der Waals surface area contributed by atoms with Gasteiger partial charge < -0.3 is 15.2 Å². The second kappa shape index (κ2) is 5.70. The van der Waals surface area contributed by atoms with Crippen LogP contribution in [0, 0.1) is 5.82 Å². The SMILES string of the molecule is COc1ccc(F)c(C(C)CCN)c1OC. The van der Waals surface area contributed by atoms with Gasteiger partial charge in [-0.2, -0.15) is 0 Å². The van der Waals surface area contributed by atoms with Gasteiger partial charge in [0.05, 0.1) is 14.2 Å². The van der Waals surface area contributed by atoms with Crippen LogP contribution in [0.15, 0.2) is 12.1 Å². The largest absolute Gasteiger partial charge is 0.493 e. The smallest absolute Gasteiger partial charge is 0.167 e. The molecule has 0 radical (unpaired) electrons. The van der Waals surface area contributed by atoms with Crippen LogP contribution in [0.4, 0.5) is 4.39 Å². The third kappa shape index (κ3) is 2.44. The highest BCUT2D eigenvalue weighted by Gasteiger charge is 2.19. The van der Waals surface area contributed by atoms with Gasteiger partial charge in [0.2, 0.25) is 0 Å². The Morgan fingerprint density at radius 2 is 2.00 bits per heavy atom. The molecule has 2 N–H and O–H groups in total. The molecule has 0 aliphatic heterocycles. The quantitative estimate of drug-likeness (QED) is 0.839. The Bertz CT molecular complexity index is 355. The van der Waals surface area contributed by atoms with E-state index in [0.717, 1.165) is 0 Å². The minimum absolute atomic E-state index is 0.00931. The molecule has 1 unspecified atom stereocenters. The lowest BCUT2D eigenvalue weighted by molar-refractivity contribution is 0.345. The minimum atomic E-state index is -0.279. The van der Waals surface area contributed by atoms with E-state index in [1.807, 2.05) is 6.92 Å². The van der Waals surface area contributed by atoms with Crippen LogP contribution in [0.2, 0.25) is 0 Å². The normalized spacial score (nSPS) is 12.3. The Labute approximate surface area is 95.4 Å². The Balaban J connectivity index is 3.22. The van der Waals surface area contributed by atoms with Gasteiger partial charge in [-0.3, -0.25) is 0 Å². The molecule has 0 bridgehead atoms. The monoisotopic (exact) mass is 227 g/mol. The maximum Gasteiger partial charge on any atom is 0.167 e. The molecule has 0 aliphatic rings. The van der Waals surface area contributed by atoms with E-state index in [1.165, 1.54) is 20.3 Å². The summed E-state index contributed by atoms with van der Waals surface area (Å²) in [5.41, 5.74) is 6.02. The number of benzene rings is 1. The molecule has 0 aromatic heterocycles. The maximum atomic E-state index is 13.8. The highest BCUT2D eigenvalue weighted by Crippen LogP contribution is 2.38. The van der Waals surface area contributed by atoms with Gasteiger partial charge in [-0.15, -0.1) is 0 Å². The molecular formula is C12H18FNO2. The van der Waals surface area contributed by atoms with Crippen molar-refractivity contribution in [1.29, 1.82) is 0 Å². The van der Waals surface area contributed by atoms with Crippen LogP contribution in [0.25, 0.3) is 0 Å². The van der Waals surface area contributed by atoms with Crippen molar-refractivity contribution in [1.82, 2.24) is 0 Å². The van der Waals surface area contributed by atoms with Crippen molar-refractivity contribution < 1.29 is 13.9 Å². The molecule has 0 spiro atoms. The summed E-state index contributed by atoms with van der Waals surface area (Å²) in [6.45, 7) is 2.44. The van der Waals surface area contributed by atoms with Gasteiger partial charge in [0.25, 0.3) is 0 Å². The van der Waals surface area contributed by atoms with E-state index < -0.39 is 0 Å². The van der Waals surface area contributed by atoms with E-state index in [0.29, 0.717) is 30.0 Å². The third-order valence-corrected chi connectivity index (χ3v) is 2.62. The summed E-state index contributed by atoms with van der Waals surface area (Å²) >= 11 is 0. The van der Waals surface area contributed by atoms with Crippen molar-refractivity contribution in [2.24, 2.45) is 5.73 Å². The first-order valence-electron chi connectivity index (χ1n) is 5.26. The molecule has 0 aliphatic carbocycles. The molecule has 1 rings (SSSR count). The predicted molar refractivity (Wildman–Crippen MR) is 61.6 cm³/mol. The van der Waals surface area contributed by atoms with Gasteiger partial charge in [-0.1, -0.05) is 6.92 Å². The first-order chi connectivity index (χ1) is 7.65. The number of halogens is 1. The molecular weight excluding hydrogens is 209 g/mol. The van der Waals surface area contributed by atoms with Crippen LogP contribution >= 0.6 is 0 Å². The average molecular weight is 227 g/mol. The first kappa shape index (κ1) is 12.8. The topological polar surface area (TPSA) is 44.5 Å². The predicted octanol–water partition coefficient (Wildman–Crippen LogP) is 2.30. The second-order valence-electron chi connectivity index (χ2n) is 3.67. The Morgan fingerprint density at radius 3 is 2.50 bits per heavy atom. The zero-order valence-corrected chi connectivity index (χ0v) is 9.92. The summed E-state index contributed by atoms with van der Waals surface area (Å²) in [5, 5.41) is 0. The number of hydrogen-bond donors (Lipinski definition) is 1. The summed E-state index contributed by atoms with van der Waals surface area (Å²) in [7, 11) is 3.04. The van der Waals surface area contributed by atoms with Crippen molar-refractivity contribution in [3.63, 3.8) is 0 Å². The summed E-state index contributed by atoms with van der Waals surface area (Å²) in [5.74, 6) is 0.736. The summed E-state index contributed by atoms with van der Waals surface area (Å²) in [4.78, 5) is 0. The van der Waals surface area contributed by atoms with Gasteiger partial charge in [0, 0.05) is 5.56 Å². The number of nitrogens with two attached hydrogens (primary N) is 1. The van der Waals surface area contributed by atoms with Crippen molar-refractivity contribution in [2.75, 3.05) is 20.8 Å². The summed E-state index contributed by atoms with van der Waals surface area (Å²) in [6.07, 6.45) is 0.709. The lowest BCUT2D eigenvalue weighted by Gasteiger charge is -2.18. The van der Waals surface area contributed by atoms with Gasteiger partial charge >= 0.3 is 0 Å². The van der Waals surface area contributed by atoms with Crippen LogP contribution in [0.5, 0.6) is 11.5 Å². The van der Waals surface area contributed by atoms with Crippen molar-refractivity contribution in [2.45, 2.75) is 19.3 Å². The van der Waals surface area contributed by atoms with E-state index >= 15 is 0 Å². The molecule has 1 aromatic carbocycles. The molecule has 1 atom stereocenters. The maximum absolute atomic E-state index is 13.8. The number of methoxy groups -OCH3 is 2. The highest BCUT2D eigenvalue weighted by atomic mass is 19.1. The van der Waals surface area contributed by atoms with E-state index in [4.69, 9.17) is 15.2 Å². The van der Waals surface area contributed by atoms with E-state index in [-0.39, 0.29) is 11.7 Å². The number of rotatable bonds is 5. The molecule has 90 valence electrons. The van der Waals surface area contributed by atoms with E-state index in [1.54, 1.807) is 6.07 Å². The highest BCUT2D eigenvalue weighted by molar-refractivity contribution is 5.48. The fourth-order valence-electron chi connectivity index (χ4n) is 1.78. The standard InChI is InChI=1S/C12H18FNO2/c1-8(6-7-14)11-9(13)4-5-10(15-2)12(11)16-3/h4-5,8H,6-7,14H2,1-3H3. The molecule has 3 nitrogen and oxygen atoms in total. The molecule has 0 saturated heterocycles. The van der Waals surface area contributed by atoms with Gasteiger partial charge in [-0.25, -0.2) is 4.39 Å². The Kier molecular flexibility index (Phi) is 4.55. The summed E-state index contributed by atoms with van der Waals surface area (Å²) < 4.78 is 24.1. The molecule has 16 heavy (non-hydrogen) atoms. The van der Waals surface area contributed by atoms with Gasteiger partial charge in [0.15, 0.2) is 11.5 Å². The molecule has 0 heterocycles. The lowest BCUT2D eigenvalue weighted by atomic mass is 9.96. The van der Waals surface area contributed by atoms with E-state index in [9.17, 15) is 4.39 Å². The van der Waals surface area contributed by atoms with Crippen LogP contribution in [0.1, 0.15) is 24.8 Å². The zero-order valence-electron chi connectivity index (χ0n) is 9.92. The van der Waals surface area contributed by atoms with Gasteiger partial charge in [-0.05, 0) is 31.0 Å². The molecule has 0 saturated carbocycles. The summed E-state index contributed by atoms with van der Waals surface area (Å²) in [6, 6.07) is 2.95. The lowest BCUT2D eigenvalue weighted by Crippen LogP contribution is -2.08. The minimum Gasteiger partial charge on any atom is -0.493 e. The van der Waals surface area contributed by atoms with Crippen LogP contribution in [-0.2, 0) is 0 Å². The van der Waals surface area contributed by atoms with E-state index in [2.05, 4.69) is 0 Å². The van der Waals surface area contributed by atoms with Crippen LogP contribution in [-0.4, -0.2) is 20.8 Å². The fraction of sp³-hybridized carbons (Fsp3) is 0.500. The van der Waals surface area contributed by atoms with Crippen molar-refractivity contribution >= 4 is 0 Å². The zero-order chi connectivity index (χ0) is 12.1. The van der Waals surface area contributed by atoms with Gasteiger partial charge in [0.1, 0.15) is 5.82 Å². The van der Waals surface area contributed by atoms with Crippen molar-refractivity contribution in [3.05, 3.63) is 23.5 Å². The first-order valence-corrected chi connectivity index (χ1v) is 5.26. The number of ether oxygens (including phenoxy) is 2. The fourth-order valence-corrected chi connectivity index (χ4v) is 1.78. The molecule has 1 aromatic rings. The Hall–Kier alpha value is -1.29. The Morgan fingerprint density at radius 1 is 1.31 bits per heavy atom. The average Bonchev–Trinajstić information content (AvgIpc) is 2.28. The van der Waals surface area contributed by atoms with Crippen molar-refractivity contribution in [3.8, 4) is 11.5 Å². The molecule has 4 heteroatoms.